The van der Waals surface area contributed by atoms with Crippen LogP contribution in [-0.2, 0) is 9.53 Å². The average Bonchev–Trinajstić information content (AvgIpc) is 2.95. The Bertz CT molecular complexity index is 764. The van der Waals surface area contributed by atoms with Crippen molar-refractivity contribution in [2.45, 2.75) is 0 Å². The van der Waals surface area contributed by atoms with Crippen LogP contribution in [0, 0.1) is 0 Å². The van der Waals surface area contributed by atoms with Crippen molar-refractivity contribution in [2.24, 2.45) is 0 Å². The van der Waals surface area contributed by atoms with Crippen LogP contribution in [0.5, 0.6) is 0 Å². The molecule has 0 aliphatic heterocycles. The van der Waals surface area contributed by atoms with Crippen LogP contribution < -0.4 is 5.32 Å². The number of fused-ring (bicyclic) bond motifs is 1. The van der Waals surface area contributed by atoms with E-state index in [-0.39, 0.29) is 5.97 Å². The second-order valence-corrected chi connectivity index (χ2v) is 5.20. The number of nitrogens with zero attached hydrogens (tertiary/aromatic N) is 1. The number of pyridine rings is 1. The molecule has 1 aromatic heterocycles. The zero-order valence-corrected chi connectivity index (χ0v) is 13.0. The summed E-state index contributed by atoms with van der Waals surface area (Å²) in [5.74, 6) is -0.294. The molecule has 0 saturated heterocycles. The average molecular weight is 306 g/mol. The minimum Gasteiger partial charge on any atom is -0.461 e. The lowest BCUT2D eigenvalue weighted by molar-refractivity contribution is -0.136. The first-order valence-electron chi connectivity index (χ1n) is 7.55. The van der Waals surface area contributed by atoms with Crippen molar-refractivity contribution in [2.75, 3.05) is 20.2 Å². The van der Waals surface area contributed by atoms with Crippen LogP contribution in [0.25, 0.3) is 17.2 Å². The van der Waals surface area contributed by atoms with E-state index in [1.165, 1.54) is 0 Å². The van der Waals surface area contributed by atoms with Gasteiger partial charge in [-0.25, -0.2) is 4.79 Å². The molecule has 2 aromatic rings. The van der Waals surface area contributed by atoms with Gasteiger partial charge in [-0.3, -0.25) is 4.98 Å². The molecular weight excluding hydrogens is 288 g/mol. The summed E-state index contributed by atoms with van der Waals surface area (Å²) in [7, 11) is 1.83. The molecule has 1 N–H and O–H groups in total. The maximum atomic E-state index is 12.3. The molecule has 0 saturated carbocycles. The van der Waals surface area contributed by atoms with Crippen molar-refractivity contribution in [1.29, 1.82) is 0 Å². The Kier molecular flexibility index (Phi) is 4.64. The molecule has 23 heavy (non-hydrogen) atoms. The molecule has 0 fully saturated rings. The van der Waals surface area contributed by atoms with E-state index in [0.717, 1.165) is 22.4 Å². The van der Waals surface area contributed by atoms with Gasteiger partial charge >= 0.3 is 5.97 Å². The maximum absolute atomic E-state index is 12.3. The minimum atomic E-state index is -0.294. The molecule has 116 valence electrons. The van der Waals surface area contributed by atoms with Crippen molar-refractivity contribution in [3.8, 4) is 0 Å². The highest BCUT2D eigenvalue weighted by Gasteiger charge is 2.24. The highest BCUT2D eigenvalue weighted by molar-refractivity contribution is 6.24. The first-order chi connectivity index (χ1) is 11.3. The maximum Gasteiger partial charge on any atom is 0.338 e. The molecule has 4 heteroatoms. The highest BCUT2D eigenvalue weighted by Crippen LogP contribution is 2.36. The number of benzene rings is 1. The fraction of sp³-hybridized carbons (Fsp3) is 0.158. The van der Waals surface area contributed by atoms with Crippen molar-refractivity contribution in [1.82, 2.24) is 10.3 Å². The zero-order chi connectivity index (χ0) is 16.1. The predicted molar refractivity (Wildman–Crippen MR) is 91.4 cm³/mol. The van der Waals surface area contributed by atoms with Gasteiger partial charge in [0.1, 0.15) is 6.61 Å². The van der Waals surface area contributed by atoms with Crippen LogP contribution in [0.1, 0.15) is 16.8 Å². The Balaban J connectivity index is 1.93. The number of rotatable bonds is 5. The quantitative estimate of drug-likeness (QED) is 0.682. The Morgan fingerprint density at radius 1 is 1.17 bits per heavy atom. The van der Waals surface area contributed by atoms with E-state index < -0.39 is 0 Å². The number of carbonyl (C=O) groups is 1. The molecule has 3 rings (SSSR count). The lowest BCUT2D eigenvalue weighted by Gasteiger charge is -2.06. The summed E-state index contributed by atoms with van der Waals surface area (Å²) in [6.07, 6.45) is 5.61. The van der Waals surface area contributed by atoms with Crippen molar-refractivity contribution < 1.29 is 9.53 Å². The Morgan fingerprint density at radius 2 is 1.96 bits per heavy atom. The van der Waals surface area contributed by atoms with Crippen molar-refractivity contribution in [3.63, 3.8) is 0 Å². The summed E-state index contributed by atoms with van der Waals surface area (Å²) in [6, 6.07) is 13.6. The van der Waals surface area contributed by atoms with Crippen LogP contribution in [0.15, 0.2) is 54.7 Å². The van der Waals surface area contributed by atoms with Crippen LogP contribution in [-0.4, -0.2) is 31.2 Å². The normalized spacial score (nSPS) is 14.5. The molecule has 0 amide bonds. The SMILES string of the molecule is CNCCOC(=O)C1=C/C(=C/c2ccccn2)c2ccccc21. The van der Waals surface area contributed by atoms with Gasteiger partial charge in [0, 0.05) is 12.7 Å². The van der Waals surface area contributed by atoms with Crippen molar-refractivity contribution in [3.05, 3.63) is 71.6 Å². The summed E-state index contributed by atoms with van der Waals surface area (Å²) < 4.78 is 5.31. The van der Waals surface area contributed by atoms with Crippen LogP contribution in [0.4, 0.5) is 0 Å². The lowest BCUT2D eigenvalue weighted by atomic mass is 10.0. The number of nitrogens with one attached hydrogen (secondary N) is 1. The third kappa shape index (κ3) is 3.38. The second-order valence-electron chi connectivity index (χ2n) is 5.20. The Morgan fingerprint density at radius 3 is 2.70 bits per heavy atom. The van der Waals surface area contributed by atoms with Crippen LogP contribution >= 0.6 is 0 Å². The van der Waals surface area contributed by atoms with Gasteiger partial charge in [0.05, 0.1) is 11.3 Å². The van der Waals surface area contributed by atoms with Crippen LogP contribution in [0.2, 0.25) is 0 Å². The number of hydrogen-bond donors (Lipinski definition) is 1. The zero-order valence-electron chi connectivity index (χ0n) is 13.0. The number of aromatic nitrogens is 1. The topological polar surface area (TPSA) is 51.2 Å². The van der Waals surface area contributed by atoms with E-state index in [9.17, 15) is 4.79 Å². The molecule has 0 spiro atoms. The third-order valence-corrected chi connectivity index (χ3v) is 3.62. The van der Waals surface area contributed by atoms with Gasteiger partial charge in [-0.05, 0) is 48.0 Å². The molecule has 1 aliphatic carbocycles. The first kappa shape index (κ1) is 15.2. The first-order valence-corrected chi connectivity index (χ1v) is 7.55. The summed E-state index contributed by atoms with van der Waals surface area (Å²) >= 11 is 0. The van der Waals surface area contributed by atoms with Gasteiger partial charge in [-0.2, -0.15) is 0 Å². The van der Waals surface area contributed by atoms with Gasteiger partial charge in [-0.15, -0.1) is 0 Å². The van der Waals surface area contributed by atoms with Gasteiger partial charge in [0.2, 0.25) is 0 Å². The van der Waals surface area contributed by atoms with Gasteiger partial charge in [0.15, 0.2) is 0 Å². The molecular formula is C19H18N2O2. The molecule has 1 aromatic carbocycles. The highest BCUT2D eigenvalue weighted by atomic mass is 16.5. The van der Waals surface area contributed by atoms with E-state index >= 15 is 0 Å². The van der Waals surface area contributed by atoms with Gasteiger partial charge < -0.3 is 10.1 Å². The largest absolute Gasteiger partial charge is 0.461 e. The molecule has 1 heterocycles. The van der Waals surface area contributed by atoms with E-state index in [4.69, 9.17) is 4.74 Å². The lowest BCUT2D eigenvalue weighted by Crippen LogP contribution is -2.17. The monoisotopic (exact) mass is 306 g/mol. The van der Waals surface area contributed by atoms with Gasteiger partial charge in [0.25, 0.3) is 0 Å². The third-order valence-electron chi connectivity index (χ3n) is 3.62. The summed E-state index contributed by atoms with van der Waals surface area (Å²) in [4.78, 5) is 16.6. The van der Waals surface area contributed by atoms with Gasteiger partial charge in [-0.1, -0.05) is 30.3 Å². The number of hydrogen-bond acceptors (Lipinski definition) is 4. The number of ether oxygens (including phenoxy) is 1. The van der Waals surface area contributed by atoms with E-state index in [0.29, 0.717) is 18.7 Å². The number of allylic oxidation sites excluding steroid dienone is 2. The Hall–Kier alpha value is -2.72. The Labute approximate surface area is 135 Å². The smallest absolute Gasteiger partial charge is 0.338 e. The second kappa shape index (κ2) is 7.03. The molecule has 0 bridgehead atoms. The van der Waals surface area contributed by atoms with E-state index in [1.54, 1.807) is 6.20 Å². The summed E-state index contributed by atoms with van der Waals surface area (Å²) in [5.41, 5.74) is 4.36. The summed E-state index contributed by atoms with van der Waals surface area (Å²) in [5, 5.41) is 2.96. The molecule has 0 radical (unpaired) electrons. The van der Waals surface area contributed by atoms with Crippen LogP contribution in [0.3, 0.4) is 0 Å². The standard InChI is InChI=1S/C19H18N2O2/c1-20-10-11-23-19(22)18-13-14(12-15-6-4-5-9-21-15)16-7-2-3-8-17(16)18/h2-9,12-13,20H,10-11H2,1H3/b14-12-. The predicted octanol–water partition coefficient (Wildman–Crippen LogP) is 2.78. The number of carbonyl (C=O) groups excluding carboxylic acids is 1. The summed E-state index contributed by atoms with van der Waals surface area (Å²) in [6.45, 7) is 0.991. The molecule has 0 unspecified atom stereocenters. The molecule has 1 aliphatic rings. The van der Waals surface area contributed by atoms with E-state index in [2.05, 4.69) is 10.3 Å². The number of esters is 1. The molecule has 0 atom stereocenters. The minimum absolute atomic E-state index is 0.294. The van der Waals surface area contributed by atoms with Crippen molar-refractivity contribution >= 4 is 23.2 Å². The number of likely N-dealkylation sites (N-methyl/N-ethyl adjacent to an activating group) is 1. The van der Waals surface area contributed by atoms with E-state index in [1.807, 2.05) is 61.7 Å². The molecule has 4 nitrogen and oxygen atoms in total. The fourth-order valence-corrected chi connectivity index (χ4v) is 2.51. The fourth-order valence-electron chi connectivity index (χ4n) is 2.51.